The van der Waals surface area contributed by atoms with Gasteiger partial charge in [0.25, 0.3) is 0 Å². The second-order valence-corrected chi connectivity index (χ2v) is 7.68. The van der Waals surface area contributed by atoms with Crippen molar-refractivity contribution in [1.82, 2.24) is 9.71 Å². The molecule has 0 amide bonds. The van der Waals surface area contributed by atoms with Crippen LogP contribution in [0.25, 0.3) is 10.8 Å². The number of nitrogens with one attached hydrogen (secondary N) is 1. The number of oxazole rings is 1. The van der Waals surface area contributed by atoms with Gasteiger partial charge in [0.05, 0.1) is 22.0 Å². The maximum atomic E-state index is 12.2. The van der Waals surface area contributed by atoms with Gasteiger partial charge in [-0.3, -0.25) is 0 Å². The van der Waals surface area contributed by atoms with Gasteiger partial charge < -0.3 is 9.15 Å². The summed E-state index contributed by atoms with van der Waals surface area (Å²) in [6.07, 6.45) is -3.51. The van der Waals surface area contributed by atoms with Crippen molar-refractivity contribution >= 4 is 21.4 Å². The first kappa shape index (κ1) is 18.4. The summed E-state index contributed by atoms with van der Waals surface area (Å²) in [5.74, 6) is -0.128. The summed E-state index contributed by atoms with van der Waals surface area (Å²) in [5, 5.41) is 1.86. The molecule has 3 rings (SSSR count). The highest BCUT2D eigenvalue weighted by atomic mass is 32.2. The molecule has 11 heteroatoms. The lowest BCUT2D eigenvalue weighted by Gasteiger charge is -2.09. The fourth-order valence-electron chi connectivity index (χ4n) is 1.97. The van der Waals surface area contributed by atoms with E-state index in [1.807, 2.05) is 17.5 Å². The zero-order valence-corrected chi connectivity index (χ0v) is 14.5. The van der Waals surface area contributed by atoms with E-state index in [0.29, 0.717) is 11.6 Å². The topological polar surface area (TPSA) is 81.4 Å². The van der Waals surface area contributed by atoms with Crippen molar-refractivity contribution in [2.24, 2.45) is 0 Å². The number of aromatic nitrogens is 1. The maximum absolute atomic E-state index is 12.2. The first-order chi connectivity index (χ1) is 12.2. The number of halogens is 3. The Balaban J connectivity index is 1.65. The van der Waals surface area contributed by atoms with Crippen LogP contribution >= 0.6 is 11.3 Å². The molecular weight excluding hydrogens is 393 g/mol. The summed E-state index contributed by atoms with van der Waals surface area (Å²) in [6.45, 7) is -0.127. The molecule has 0 fully saturated rings. The van der Waals surface area contributed by atoms with Gasteiger partial charge in [0.1, 0.15) is 12.0 Å². The molecule has 1 N–H and O–H groups in total. The third-order valence-electron chi connectivity index (χ3n) is 3.09. The van der Waals surface area contributed by atoms with Crippen molar-refractivity contribution in [2.75, 3.05) is 0 Å². The van der Waals surface area contributed by atoms with Crippen LogP contribution in [-0.2, 0) is 16.6 Å². The predicted molar refractivity (Wildman–Crippen MR) is 87.0 cm³/mol. The number of nitrogens with zero attached hydrogens (tertiary/aromatic N) is 1. The van der Waals surface area contributed by atoms with Gasteiger partial charge in [-0.15, -0.1) is 24.5 Å². The minimum absolute atomic E-state index is 0.127. The van der Waals surface area contributed by atoms with Gasteiger partial charge in [0.15, 0.2) is 0 Å². The van der Waals surface area contributed by atoms with Crippen LogP contribution in [0.1, 0.15) is 5.69 Å². The van der Waals surface area contributed by atoms with Crippen molar-refractivity contribution in [3.63, 3.8) is 0 Å². The van der Waals surface area contributed by atoms with Crippen LogP contribution < -0.4 is 9.46 Å². The van der Waals surface area contributed by atoms with Crippen molar-refractivity contribution < 1.29 is 30.7 Å². The Hall–Kier alpha value is -2.37. The van der Waals surface area contributed by atoms with Crippen molar-refractivity contribution in [3.8, 4) is 16.5 Å². The molecule has 2 aromatic heterocycles. The molecule has 0 aliphatic heterocycles. The Morgan fingerprint density at radius 1 is 1.19 bits per heavy atom. The summed E-state index contributed by atoms with van der Waals surface area (Å²) >= 11 is 1.43. The SMILES string of the molecule is O=S(=O)(NCc1coc(-c2cccs2)n1)c1ccc(OC(F)(F)F)cc1. The number of thiophene rings is 1. The van der Waals surface area contributed by atoms with Crippen molar-refractivity contribution in [2.45, 2.75) is 17.8 Å². The van der Waals surface area contributed by atoms with Gasteiger partial charge >= 0.3 is 6.36 Å². The third-order valence-corrected chi connectivity index (χ3v) is 5.37. The molecule has 0 aliphatic rings. The van der Waals surface area contributed by atoms with E-state index in [1.54, 1.807) is 0 Å². The quantitative estimate of drug-likeness (QED) is 0.676. The van der Waals surface area contributed by atoms with E-state index in [4.69, 9.17) is 4.42 Å². The zero-order chi connectivity index (χ0) is 18.8. The summed E-state index contributed by atoms with van der Waals surface area (Å²) in [6, 6.07) is 7.53. The van der Waals surface area contributed by atoms with E-state index in [-0.39, 0.29) is 11.4 Å². The third kappa shape index (κ3) is 4.62. The minimum atomic E-state index is -4.84. The van der Waals surface area contributed by atoms with Gasteiger partial charge in [-0.05, 0) is 35.7 Å². The molecule has 0 bridgehead atoms. The number of hydrogen-bond acceptors (Lipinski definition) is 6. The number of ether oxygens (including phenoxy) is 1. The van der Waals surface area contributed by atoms with Crippen LogP contribution in [0.2, 0.25) is 0 Å². The molecule has 2 heterocycles. The van der Waals surface area contributed by atoms with E-state index in [0.717, 1.165) is 29.1 Å². The number of rotatable bonds is 6. The molecule has 0 atom stereocenters. The van der Waals surface area contributed by atoms with E-state index < -0.39 is 22.1 Å². The molecule has 0 radical (unpaired) electrons. The summed E-state index contributed by atoms with van der Waals surface area (Å²) < 4.78 is 72.1. The van der Waals surface area contributed by atoms with Crippen LogP contribution in [0.15, 0.2) is 57.4 Å². The molecule has 0 saturated heterocycles. The first-order valence-electron chi connectivity index (χ1n) is 7.07. The Labute approximate surface area is 150 Å². The van der Waals surface area contributed by atoms with Crippen LogP contribution in [0.4, 0.5) is 13.2 Å². The summed E-state index contributed by atoms with van der Waals surface area (Å²) in [5.41, 5.74) is 0.369. The predicted octanol–water partition coefficient (Wildman–Crippen LogP) is 3.78. The normalized spacial score (nSPS) is 12.3. The Morgan fingerprint density at radius 2 is 1.92 bits per heavy atom. The van der Waals surface area contributed by atoms with Crippen LogP contribution in [0.3, 0.4) is 0 Å². The van der Waals surface area contributed by atoms with Crippen molar-refractivity contribution in [1.29, 1.82) is 0 Å². The molecule has 6 nitrogen and oxygen atoms in total. The van der Waals surface area contributed by atoms with E-state index in [2.05, 4.69) is 14.4 Å². The van der Waals surface area contributed by atoms with E-state index in [9.17, 15) is 21.6 Å². The van der Waals surface area contributed by atoms with Crippen molar-refractivity contribution in [3.05, 3.63) is 53.7 Å². The lowest BCUT2D eigenvalue weighted by atomic mass is 10.3. The molecule has 0 aliphatic carbocycles. The van der Waals surface area contributed by atoms with E-state index >= 15 is 0 Å². The monoisotopic (exact) mass is 404 g/mol. The lowest BCUT2D eigenvalue weighted by molar-refractivity contribution is -0.274. The van der Waals surface area contributed by atoms with Crippen LogP contribution in [0, 0.1) is 0 Å². The van der Waals surface area contributed by atoms with Gasteiger partial charge in [-0.2, -0.15) is 0 Å². The highest BCUT2D eigenvalue weighted by Crippen LogP contribution is 2.25. The second-order valence-electron chi connectivity index (χ2n) is 4.97. The van der Waals surface area contributed by atoms with Gasteiger partial charge in [0.2, 0.25) is 15.9 Å². The zero-order valence-electron chi connectivity index (χ0n) is 12.9. The molecule has 0 saturated carbocycles. The highest BCUT2D eigenvalue weighted by Gasteiger charge is 2.31. The molecular formula is C15H11F3N2O4S2. The molecule has 3 aromatic rings. The number of alkyl halides is 3. The first-order valence-corrected chi connectivity index (χ1v) is 9.43. The Morgan fingerprint density at radius 3 is 2.54 bits per heavy atom. The van der Waals surface area contributed by atoms with Crippen LogP contribution in [-0.4, -0.2) is 19.8 Å². The maximum Gasteiger partial charge on any atom is 0.573 e. The molecule has 26 heavy (non-hydrogen) atoms. The lowest BCUT2D eigenvalue weighted by Crippen LogP contribution is -2.23. The van der Waals surface area contributed by atoms with Crippen LogP contribution in [0.5, 0.6) is 5.75 Å². The molecule has 138 valence electrons. The smallest absolute Gasteiger partial charge is 0.444 e. The standard InChI is InChI=1S/C15H11F3N2O4S2/c16-15(17,18)24-11-3-5-12(6-4-11)26(21,22)19-8-10-9-23-14(20-10)13-2-1-7-25-13/h1-7,9,19H,8H2. The fourth-order valence-corrected chi connectivity index (χ4v) is 3.63. The molecule has 0 spiro atoms. The average Bonchev–Trinajstić information content (AvgIpc) is 3.23. The summed E-state index contributed by atoms with van der Waals surface area (Å²) in [4.78, 5) is 4.78. The second kappa shape index (κ2) is 7.09. The number of benzene rings is 1. The Bertz CT molecular complexity index is 965. The molecule has 1 aromatic carbocycles. The molecule has 0 unspecified atom stereocenters. The number of sulfonamides is 1. The average molecular weight is 404 g/mol. The minimum Gasteiger partial charge on any atom is -0.444 e. The fraction of sp³-hybridized carbons (Fsp3) is 0.133. The Kier molecular flexibility index (Phi) is 5.03. The largest absolute Gasteiger partial charge is 0.573 e. The van der Waals surface area contributed by atoms with Gasteiger partial charge in [-0.25, -0.2) is 18.1 Å². The summed E-state index contributed by atoms with van der Waals surface area (Å²) in [7, 11) is -3.93. The highest BCUT2D eigenvalue weighted by molar-refractivity contribution is 7.89. The number of hydrogen-bond donors (Lipinski definition) is 1. The van der Waals surface area contributed by atoms with Gasteiger partial charge in [-0.1, -0.05) is 6.07 Å². The van der Waals surface area contributed by atoms with Gasteiger partial charge in [0, 0.05) is 0 Å². The van der Waals surface area contributed by atoms with E-state index in [1.165, 1.54) is 17.6 Å².